The third kappa shape index (κ3) is 11.4. The number of aliphatic hydroxyl groups is 1. The highest BCUT2D eigenvalue weighted by molar-refractivity contribution is 5.66. The quantitative estimate of drug-likeness (QED) is 0.373. The maximum atomic E-state index is 10.5. The summed E-state index contributed by atoms with van der Waals surface area (Å²) >= 11 is 0. The second kappa shape index (κ2) is 14.0. The molecule has 0 spiro atoms. The molecule has 1 aromatic heterocycles. The van der Waals surface area contributed by atoms with E-state index in [2.05, 4.69) is 18.0 Å². The van der Waals surface area contributed by atoms with Gasteiger partial charge in [-0.25, -0.2) is 4.98 Å². The minimum Gasteiger partial charge on any atom is -0.481 e. The number of rotatable bonds is 13. The Morgan fingerprint density at radius 1 is 1.08 bits per heavy atom. The minimum atomic E-state index is -0.766. The van der Waals surface area contributed by atoms with E-state index in [0.717, 1.165) is 24.2 Å². The van der Waals surface area contributed by atoms with Crippen molar-refractivity contribution in [1.82, 2.24) is 4.98 Å². The van der Waals surface area contributed by atoms with Crippen LogP contribution in [0.2, 0.25) is 0 Å². The first-order valence-electron chi connectivity index (χ1n) is 9.48. The van der Waals surface area contributed by atoms with Crippen LogP contribution < -0.4 is 0 Å². The first kappa shape index (κ1) is 21.8. The van der Waals surface area contributed by atoms with Gasteiger partial charge in [0.15, 0.2) is 0 Å². The van der Waals surface area contributed by atoms with Crippen LogP contribution in [0.25, 0.3) is 12.2 Å². The molecule has 0 amide bonds. The highest BCUT2D eigenvalue weighted by Crippen LogP contribution is 2.07. The Morgan fingerprint density at radius 2 is 1.81 bits per heavy atom. The van der Waals surface area contributed by atoms with Crippen LogP contribution in [0, 0.1) is 0 Å². The molecule has 0 aliphatic carbocycles. The molecule has 26 heavy (non-hydrogen) atoms. The summed E-state index contributed by atoms with van der Waals surface area (Å²) < 4.78 is 0. The lowest BCUT2D eigenvalue weighted by Crippen LogP contribution is -1.99. The molecule has 1 rings (SSSR count). The first-order chi connectivity index (χ1) is 12.6. The molecule has 0 saturated heterocycles. The van der Waals surface area contributed by atoms with Gasteiger partial charge in [0.05, 0.1) is 17.5 Å². The van der Waals surface area contributed by atoms with Gasteiger partial charge in [-0.2, -0.15) is 0 Å². The van der Waals surface area contributed by atoms with Gasteiger partial charge >= 0.3 is 5.97 Å². The molecule has 0 aliphatic rings. The maximum Gasteiger partial charge on any atom is 0.303 e. The number of aliphatic hydroxyl groups excluding tert-OH is 1. The van der Waals surface area contributed by atoms with Crippen molar-refractivity contribution in [1.29, 1.82) is 0 Å². The minimum absolute atomic E-state index is 0.186. The van der Waals surface area contributed by atoms with Crippen molar-refractivity contribution in [2.45, 2.75) is 64.4 Å². The van der Waals surface area contributed by atoms with E-state index in [1.54, 1.807) is 6.08 Å². The van der Waals surface area contributed by atoms with Crippen molar-refractivity contribution >= 4 is 18.1 Å². The molecule has 0 saturated carbocycles. The Balaban J connectivity index is 2.40. The Hall–Kier alpha value is -2.20. The van der Waals surface area contributed by atoms with Crippen molar-refractivity contribution in [3.05, 3.63) is 53.9 Å². The number of unbranched alkanes of at least 4 members (excludes halogenated alkanes) is 4. The van der Waals surface area contributed by atoms with Crippen molar-refractivity contribution < 1.29 is 15.0 Å². The number of carbonyl (C=O) groups is 1. The van der Waals surface area contributed by atoms with Crippen LogP contribution in [0.3, 0.4) is 0 Å². The average molecular weight is 357 g/mol. The standard InChI is InChI=1S/C22H31NO3/c1-2-3-4-5-6-9-15-21(24)18-17-20-14-11-13-19(23-20)12-8-7-10-16-22(25)26/h6,8-9,11-14,17-18,21,24H,2-5,7,10,15-16H2,1H3,(H,25,26)/b9-6-,12-8-,18-17+. The Kier molecular flexibility index (Phi) is 11.8. The number of carboxylic acids is 1. The Labute approximate surface area is 157 Å². The monoisotopic (exact) mass is 357 g/mol. The molecule has 4 nitrogen and oxygen atoms in total. The smallest absolute Gasteiger partial charge is 0.303 e. The molecule has 1 aromatic rings. The second-order valence-electron chi connectivity index (χ2n) is 6.31. The summed E-state index contributed by atoms with van der Waals surface area (Å²) in [7, 11) is 0. The highest BCUT2D eigenvalue weighted by Gasteiger charge is 1.97. The average Bonchev–Trinajstić information content (AvgIpc) is 2.63. The van der Waals surface area contributed by atoms with Crippen molar-refractivity contribution in [2.75, 3.05) is 0 Å². The van der Waals surface area contributed by atoms with Crippen LogP contribution >= 0.6 is 0 Å². The predicted octanol–water partition coefficient (Wildman–Crippen LogP) is 5.25. The van der Waals surface area contributed by atoms with Gasteiger partial charge in [0, 0.05) is 6.42 Å². The molecular formula is C22H31NO3. The molecule has 0 bridgehead atoms. The van der Waals surface area contributed by atoms with Gasteiger partial charge in [0.1, 0.15) is 0 Å². The highest BCUT2D eigenvalue weighted by atomic mass is 16.4. The fourth-order valence-electron chi connectivity index (χ4n) is 2.38. The van der Waals surface area contributed by atoms with Gasteiger partial charge in [-0.05, 0) is 56.4 Å². The SMILES string of the molecule is CCCCC/C=C\CC(O)/C=C/c1cccc(/C=C\CCCC(=O)O)n1. The Morgan fingerprint density at radius 3 is 2.54 bits per heavy atom. The molecule has 1 unspecified atom stereocenters. The fraction of sp³-hybridized carbons (Fsp3) is 0.455. The molecule has 142 valence electrons. The van der Waals surface area contributed by atoms with Crippen LogP contribution in [0.5, 0.6) is 0 Å². The molecule has 2 N–H and O–H groups in total. The molecule has 0 fully saturated rings. The van der Waals surface area contributed by atoms with Crippen LogP contribution in [0.4, 0.5) is 0 Å². The van der Waals surface area contributed by atoms with Crippen LogP contribution in [-0.4, -0.2) is 27.3 Å². The second-order valence-corrected chi connectivity index (χ2v) is 6.31. The van der Waals surface area contributed by atoms with E-state index in [9.17, 15) is 9.90 Å². The number of hydrogen-bond acceptors (Lipinski definition) is 3. The van der Waals surface area contributed by atoms with Crippen LogP contribution in [0.15, 0.2) is 42.5 Å². The molecule has 4 heteroatoms. The third-order valence-electron chi connectivity index (χ3n) is 3.85. The van der Waals surface area contributed by atoms with Gasteiger partial charge < -0.3 is 10.2 Å². The van der Waals surface area contributed by atoms with Gasteiger partial charge in [-0.3, -0.25) is 4.79 Å². The van der Waals surface area contributed by atoms with Crippen LogP contribution in [-0.2, 0) is 4.79 Å². The van der Waals surface area contributed by atoms with E-state index in [0.29, 0.717) is 12.8 Å². The Bertz CT molecular complexity index is 605. The normalized spacial score (nSPS) is 13.2. The number of allylic oxidation sites excluding steroid dienone is 2. The molecule has 0 radical (unpaired) electrons. The lowest BCUT2D eigenvalue weighted by atomic mass is 10.1. The largest absolute Gasteiger partial charge is 0.481 e. The summed E-state index contributed by atoms with van der Waals surface area (Å²) in [5.41, 5.74) is 1.62. The zero-order valence-corrected chi connectivity index (χ0v) is 15.7. The fourth-order valence-corrected chi connectivity index (χ4v) is 2.38. The summed E-state index contributed by atoms with van der Waals surface area (Å²) in [6, 6.07) is 5.72. The van der Waals surface area contributed by atoms with E-state index >= 15 is 0 Å². The molecule has 1 atom stereocenters. The number of hydrogen-bond donors (Lipinski definition) is 2. The van der Waals surface area contributed by atoms with Crippen molar-refractivity contribution in [3.63, 3.8) is 0 Å². The van der Waals surface area contributed by atoms with Crippen molar-refractivity contribution in [3.8, 4) is 0 Å². The summed E-state index contributed by atoms with van der Waals surface area (Å²) in [4.78, 5) is 14.9. The topological polar surface area (TPSA) is 70.4 Å². The number of aromatic nitrogens is 1. The summed E-state index contributed by atoms with van der Waals surface area (Å²) in [6.07, 6.45) is 18.0. The van der Waals surface area contributed by atoms with Gasteiger partial charge in [0.25, 0.3) is 0 Å². The molecule has 1 heterocycles. The molecule has 0 aromatic carbocycles. The van der Waals surface area contributed by atoms with E-state index in [1.165, 1.54) is 19.3 Å². The summed E-state index contributed by atoms with van der Waals surface area (Å²) in [5, 5.41) is 18.6. The van der Waals surface area contributed by atoms with E-state index in [-0.39, 0.29) is 6.42 Å². The van der Waals surface area contributed by atoms with Crippen LogP contribution in [0.1, 0.15) is 69.7 Å². The lowest BCUT2D eigenvalue weighted by molar-refractivity contribution is -0.137. The van der Waals surface area contributed by atoms with Gasteiger partial charge in [-0.15, -0.1) is 0 Å². The zero-order chi connectivity index (χ0) is 19.0. The maximum absolute atomic E-state index is 10.5. The number of carboxylic acid groups (broad SMARTS) is 1. The molecule has 0 aliphatic heterocycles. The van der Waals surface area contributed by atoms with E-state index in [4.69, 9.17) is 5.11 Å². The number of aliphatic carboxylic acids is 1. The van der Waals surface area contributed by atoms with Crippen molar-refractivity contribution in [2.24, 2.45) is 0 Å². The van der Waals surface area contributed by atoms with E-state index < -0.39 is 12.1 Å². The molecular weight excluding hydrogens is 326 g/mol. The number of nitrogens with zero attached hydrogens (tertiary/aromatic N) is 1. The van der Waals surface area contributed by atoms with E-state index in [1.807, 2.05) is 42.5 Å². The van der Waals surface area contributed by atoms with Gasteiger partial charge in [0.2, 0.25) is 0 Å². The third-order valence-corrected chi connectivity index (χ3v) is 3.85. The van der Waals surface area contributed by atoms with Gasteiger partial charge in [-0.1, -0.05) is 50.1 Å². The lowest BCUT2D eigenvalue weighted by Gasteiger charge is -2.01. The number of pyridine rings is 1. The zero-order valence-electron chi connectivity index (χ0n) is 15.7. The summed E-state index contributed by atoms with van der Waals surface area (Å²) in [5.74, 6) is -0.766. The summed E-state index contributed by atoms with van der Waals surface area (Å²) in [6.45, 7) is 2.19. The predicted molar refractivity (Wildman–Crippen MR) is 108 cm³/mol. The first-order valence-corrected chi connectivity index (χ1v) is 9.48.